The fourth-order valence-electron chi connectivity index (χ4n) is 5.26. The van der Waals surface area contributed by atoms with E-state index < -0.39 is 30.2 Å². The highest BCUT2D eigenvalue weighted by molar-refractivity contribution is 5.17. The molecule has 6 nitrogen and oxygen atoms in total. The molecule has 1 fully saturated rings. The highest BCUT2D eigenvalue weighted by Gasteiger charge is 2.55. The summed E-state index contributed by atoms with van der Waals surface area (Å²) >= 11 is 0. The van der Waals surface area contributed by atoms with E-state index in [2.05, 4.69) is 0 Å². The number of rotatable bonds is 14. The van der Waals surface area contributed by atoms with Crippen LogP contribution in [0.2, 0.25) is 0 Å². The first-order chi connectivity index (χ1) is 21.1. The second-order valence-electron chi connectivity index (χ2n) is 10.6. The molecule has 1 aliphatic rings. The van der Waals surface area contributed by atoms with Crippen LogP contribution in [0.3, 0.4) is 0 Å². The summed E-state index contributed by atoms with van der Waals surface area (Å²) in [4.78, 5) is 0. The zero-order valence-corrected chi connectivity index (χ0v) is 24.5. The monoisotopic (exact) mass is 580 g/mol. The standard InChI is InChI=1S/C37H40O6/c1-2-23-37(38)36(42-27-32-21-13-6-14-22-32)35(41-26-31-19-11-5-12-20-31)34(40-25-30-17-9-4-10-18-30)33(43-37)28-39-24-29-15-7-3-8-16-29/h2-23,33-36,38H,24-28H2,1H3/b23-2+. The molecular formula is C37H40O6. The van der Waals surface area contributed by atoms with Gasteiger partial charge >= 0.3 is 0 Å². The molecule has 0 saturated carbocycles. The van der Waals surface area contributed by atoms with Crippen LogP contribution in [0.15, 0.2) is 133 Å². The average molecular weight is 581 g/mol. The van der Waals surface area contributed by atoms with Gasteiger partial charge < -0.3 is 28.8 Å². The molecule has 1 saturated heterocycles. The number of aliphatic hydroxyl groups is 1. The fourth-order valence-corrected chi connectivity index (χ4v) is 5.26. The van der Waals surface area contributed by atoms with Crippen LogP contribution < -0.4 is 0 Å². The Bertz CT molecular complexity index is 1370. The molecule has 4 aromatic rings. The lowest BCUT2D eigenvalue weighted by atomic mass is 9.91. The number of hydrogen-bond donors (Lipinski definition) is 1. The molecule has 0 radical (unpaired) electrons. The molecule has 0 spiro atoms. The largest absolute Gasteiger partial charge is 0.374 e. The molecular weight excluding hydrogens is 540 g/mol. The fraction of sp³-hybridized carbons (Fsp3) is 0.297. The average Bonchev–Trinajstić information content (AvgIpc) is 3.05. The first-order valence-corrected chi connectivity index (χ1v) is 14.8. The Labute approximate surface area is 254 Å². The van der Waals surface area contributed by atoms with E-state index in [-0.39, 0.29) is 13.2 Å². The smallest absolute Gasteiger partial charge is 0.215 e. The van der Waals surface area contributed by atoms with Gasteiger partial charge in [-0.05, 0) is 35.3 Å². The predicted octanol–water partition coefficient (Wildman–Crippen LogP) is 6.62. The van der Waals surface area contributed by atoms with E-state index in [1.165, 1.54) is 0 Å². The third-order valence-electron chi connectivity index (χ3n) is 7.38. The molecule has 0 amide bonds. The Kier molecular flexibility index (Phi) is 11.3. The number of allylic oxidation sites excluding steroid dienone is 1. The van der Waals surface area contributed by atoms with E-state index in [1.807, 2.05) is 128 Å². The van der Waals surface area contributed by atoms with Crippen LogP contribution in [0.1, 0.15) is 29.2 Å². The van der Waals surface area contributed by atoms with Crippen LogP contribution in [0.5, 0.6) is 0 Å². The summed E-state index contributed by atoms with van der Waals surface area (Å²) in [6.07, 6.45) is 0.558. The molecule has 5 rings (SSSR count). The molecule has 0 aliphatic carbocycles. The highest BCUT2D eigenvalue weighted by Crippen LogP contribution is 2.36. The summed E-state index contributed by atoms with van der Waals surface area (Å²) in [6.45, 7) is 3.34. The van der Waals surface area contributed by atoms with Crippen molar-refractivity contribution in [3.63, 3.8) is 0 Å². The number of ether oxygens (including phenoxy) is 5. The molecule has 0 bridgehead atoms. The summed E-state index contributed by atoms with van der Waals surface area (Å²) < 4.78 is 32.3. The normalized spacial score (nSPS) is 23.9. The van der Waals surface area contributed by atoms with Gasteiger partial charge in [0, 0.05) is 0 Å². The lowest BCUT2D eigenvalue weighted by Gasteiger charge is -2.49. The van der Waals surface area contributed by atoms with Gasteiger partial charge in [-0.25, -0.2) is 0 Å². The number of hydrogen-bond acceptors (Lipinski definition) is 6. The summed E-state index contributed by atoms with van der Waals surface area (Å²) in [5.41, 5.74) is 4.04. The van der Waals surface area contributed by atoms with Crippen LogP contribution in [-0.2, 0) is 50.1 Å². The minimum absolute atomic E-state index is 0.185. The van der Waals surface area contributed by atoms with Crippen LogP contribution in [-0.4, -0.2) is 41.9 Å². The zero-order valence-electron chi connectivity index (χ0n) is 24.5. The number of benzene rings is 4. The van der Waals surface area contributed by atoms with Crippen molar-refractivity contribution in [3.8, 4) is 0 Å². The molecule has 0 aromatic heterocycles. The molecule has 1 N–H and O–H groups in total. The van der Waals surface area contributed by atoms with Gasteiger partial charge in [0.15, 0.2) is 0 Å². The highest BCUT2D eigenvalue weighted by atomic mass is 16.7. The maximum Gasteiger partial charge on any atom is 0.215 e. The van der Waals surface area contributed by atoms with E-state index in [0.717, 1.165) is 22.3 Å². The first-order valence-electron chi connectivity index (χ1n) is 14.8. The van der Waals surface area contributed by atoms with Gasteiger partial charge in [-0.3, -0.25) is 0 Å². The van der Waals surface area contributed by atoms with Gasteiger partial charge in [0.25, 0.3) is 0 Å². The Morgan fingerprint density at radius 3 is 1.49 bits per heavy atom. The lowest BCUT2D eigenvalue weighted by Crippen LogP contribution is -2.66. The van der Waals surface area contributed by atoms with E-state index >= 15 is 0 Å². The van der Waals surface area contributed by atoms with Crippen LogP contribution in [0, 0.1) is 0 Å². The Balaban J connectivity index is 1.45. The second kappa shape index (κ2) is 15.7. The summed E-state index contributed by atoms with van der Waals surface area (Å²) in [6, 6.07) is 39.8. The molecule has 6 heteroatoms. The summed E-state index contributed by atoms with van der Waals surface area (Å²) in [5.74, 6) is -1.78. The van der Waals surface area contributed by atoms with E-state index in [4.69, 9.17) is 23.7 Å². The van der Waals surface area contributed by atoms with Crippen molar-refractivity contribution in [2.45, 2.75) is 63.6 Å². The Morgan fingerprint density at radius 2 is 1.02 bits per heavy atom. The molecule has 5 atom stereocenters. The van der Waals surface area contributed by atoms with Crippen molar-refractivity contribution in [1.82, 2.24) is 0 Å². The zero-order chi connectivity index (χ0) is 29.7. The molecule has 43 heavy (non-hydrogen) atoms. The lowest BCUT2D eigenvalue weighted by molar-refractivity contribution is -0.351. The van der Waals surface area contributed by atoms with Crippen molar-refractivity contribution >= 4 is 0 Å². The van der Waals surface area contributed by atoms with Gasteiger partial charge in [-0.1, -0.05) is 127 Å². The quantitative estimate of drug-likeness (QED) is 0.169. The van der Waals surface area contributed by atoms with Gasteiger partial charge in [0.2, 0.25) is 5.79 Å². The second-order valence-corrected chi connectivity index (χ2v) is 10.6. The van der Waals surface area contributed by atoms with Crippen molar-refractivity contribution in [3.05, 3.63) is 156 Å². The van der Waals surface area contributed by atoms with Crippen molar-refractivity contribution in [1.29, 1.82) is 0 Å². The minimum atomic E-state index is -1.78. The molecule has 4 aromatic carbocycles. The predicted molar refractivity (Wildman–Crippen MR) is 166 cm³/mol. The van der Waals surface area contributed by atoms with E-state index in [1.54, 1.807) is 12.2 Å². The minimum Gasteiger partial charge on any atom is -0.374 e. The third-order valence-corrected chi connectivity index (χ3v) is 7.38. The van der Waals surface area contributed by atoms with Gasteiger partial charge in [-0.15, -0.1) is 0 Å². The van der Waals surface area contributed by atoms with Crippen molar-refractivity contribution in [2.75, 3.05) is 6.61 Å². The summed E-state index contributed by atoms with van der Waals surface area (Å²) in [7, 11) is 0. The topological polar surface area (TPSA) is 66.4 Å². The Morgan fingerprint density at radius 1 is 0.605 bits per heavy atom. The van der Waals surface area contributed by atoms with Gasteiger partial charge in [0.05, 0.1) is 33.0 Å². The van der Waals surface area contributed by atoms with Gasteiger partial charge in [0.1, 0.15) is 24.4 Å². The maximum absolute atomic E-state index is 12.0. The molecule has 1 aliphatic heterocycles. The van der Waals surface area contributed by atoms with E-state index in [9.17, 15) is 5.11 Å². The third kappa shape index (κ3) is 8.71. The van der Waals surface area contributed by atoms with E-state index in [0.29, 0.717) is 19.8 Å². The molecule has 5 unspecified atom stereocenters. The van der Waals surface area contributed by atoms with Crippen LogP contribution >= 0.6 is 0 Å². The maximum atomic E-state index is 12.0. The Hall–Kier alpha value is -3.62. The SMILES string of the molecule is C/C=C/C1(O)OC(COCc2ccccc2)C(OCc2ccccc2)C(OCc2ccccc2)C1OCc1ccccc1. The first kappa shape index (κ1) is 30.8. The van der Waals surface area contributed by atoms with Crippen molar-refractivity contribution < 1.29 is 28.8 Å². The van der Waals surface area contributed by atoms with Crippen LogP contribution in [0.4, 0.5) is 0 Å². The molecule has 224 valence electrons. The van der Waals surface area contributed by atoms with Crippen molar-refractivity contribution in [2.24, 2.45) is 0 Å². The van der Waals surface area contributed by atoms with Gasteiger partial charge in [-0.2, -0.15) is 0 Å². The molecule has 1 heterocycles. The summed E-state index contributed by atoms with van der Waals surface area (Å²) in [5, 5.41) is 12.0. The van der Waals surface area contributed by atoms with Crippen LogP contribution in [0.25, 0.3) is 0 Å².